The summed E-state index contributed by atoms with van der Waals surface area (Å²) in [6.07, 6.45) is 0. The van der Waals surface area contributed by atoms with Crippen LogP contribution in [-0.4, -0.2) is 12.1 Å². The molecule has 1 aromatic carbocycles. The highest BCUT2D eigenvalue weighted by Gasteiger charge is 2.28. The molecule has 0 fully saturated rings. The van der Waals surface area contributed by atoms with Gasteiger partial charge in [-0.2, -0.15) is 13.2 Å². The first kappa shape index (κ1) is 14.1. The Hall–Kier alpha value is -0.940. The molecule has 5 heteroatoms. The van der Waals surface area contributed by atoms with E-state index in [-0.39, 0.29) is 16.7 Å². The van der Waals surface area contributed by atoms with Crippen molar-refractivity contribution in [3.8, 4) is 0 Å². The van der Waals surface area contributed by atoms with Gasteiger partial charge in [-0.05, 0) is 36.4 Å². The highest BCUT2D eigenvalue weighted by molar-refractivity contribution is 8.00. The Morgan fingerprint density at radius 1 is 1.29 bits per heavy atom. The lowest BCUT2D eigenvalue weighted by atomic mass is 10.2. The number of hydrogen-bond donors (Lipinski definition) is 1. The van der Waals surface area contributed by atoms with Gasteiger partial charge in [-0.3, -0.25) is 0 Å². The fraction of sp³-hybridized carbons (Fsp3) is 0.333. The highest BCUT2D eigenvalue weighted by Crippen LogP contribution is 2.36. The smallest absolute Gasteiger partial charge is 0.309 e. The predicted molar refractivity (Wildman–Crippen MR) is 64.9 cm³/mol. The molecule has 0 spiro atoms. The number of thioether (sulfide) groups is 1. The summed E-state index contributed by atoms with van der Waals surface area (Å²) in [7, 11) is 0. The van der Waals surface area contributed by atoms with Gasteiger partial charge in [0.2, 0.25) is 0 Å². The molecule has 0 unspecified atom stereocenters. The lowest BCUT2D eigenvalue weighted by Gasteiger charge is -2.07. The van der Waals surface area contributed by atoms with E-state index in [1.807, 2.05) is 6.92 Å². The first-order valence-electron chi connectivity index (χ1n) is 5.06. The largest absolute Gasteiger partial charge is 0.446 e. The van der Waals surface area contributed by atoms with Gasteiger partial charge in [0.15, 0.2) is 0 Å². The molecular formula is C12H14F3NS. The van der Waals surface area contributed by atoms with Crippen molar-refractivity contribution < 1.29 is 13.2 Å². The summed E-state index contributed by atoms with van der Waals surface area (Å²) in [6.45, 7) is 7.00. The summed E-state index contributed by atoms with van der Waals surface area (Å²) < 4.78 is 36.2. The number of rotatable bonds is 5. The zero-order chi connectivity index (χ0) is 12.9. The summed E-state index contributed by atoms with van der Waals surface area (Å²) in [5.74, 6) is 0. The van der Waals surface area contributed by atoms with Crippen molar-refractivity contribution in [2.24, 2.45) is 0 Å². The Labute approximate surface area is 103 Å². The van der Waals surface area contributed by atoms with E-state index in [0.29, 0.717) is 13.1 Å². The molecular weight excluding hydrogens is 247 g/mol. The topological polar surface area (TPSA) is 12.0 Å². The standard InChI is InChI=1S/C12H14F3NS/c1-9(2)7-16-8-10-3-5-11(6-4-10)17-12(13,14)15/h3-6,16H,1,7-8H2,2H3. The molecule has 17 heavy (non-hydrogen) atoms. The molecule has 0 aromatic heterocycles. The SMILES string of the molecule is C=C(C)CNCc1ccc(SC(F)(F)F)cc1. The van der Waals surface area contributed by atoms with Gasteiger partial charge in [-0.1, -0.05) is 24.3 Å². The Morgan fingerprint density at radius 2 is 1.88 bits per heavy atom. The second-order valence-corrected chi connectivity index (χ2v) is 4.89. The molecule has 1 nitrogen and oxygen atoms in total. The normalized spacial score (nSPS) is 11.5. The van der Waals surface area contributed by atoms with E-state index >= 15 is 0 Å². The van der Waals surface area contributed by atoms with Crippen LogP contribution in [0.4, 0.5) is 13.2 Å². The minimum Gasteiger partial charge on any atom is -0.309 e. The maximum absolute atomic E-state index is 12.1. The zero-order valence-electron chi connectivity index (χ0n) is 9.47. The van der Waals surface area contributed by atoms with Crippen molar-refractivity contribution in [3.63, 3.8) is 0 Å². The summed E-state index contributed by atoms with van der Waals surface area (Å²) in [4.78, 5) is 0.209. The molecule has 1 rings (SSSR count). The van der Waals surface area contributed by atoms with Crippen molar-refractivity contribution in [2.75, 3.05) is 6.54 Å². The Kier molecular flexibility index (Phi) is 5.08. The maximum Gasteiger partial charge on any atom is 0.446 e. The van der Waals surface area contributed by atoms with Crippen LogP contribution in [-0.2, 0) is 6.54 Å². The summed E-state index contributed by atoms with van der Waals surface area (Å²) in [5.41, 5.74) is -2.24. The van der Waals surface area contributed by atoms with Crippen LogP contribution in [0, 0.1) is 0 Å². The second kappa shape index (κ2) is 6.12. The predicted octanol–water partition coefficient (Wildman–Crippen LogP) is 3.96. The number of alkyl halides is 3. The average molecular weight is 261 g/mol. The summed E-state index contributed by atoms with van der Waals surface area (Å²) in [6, 6.07) is 6.35. The van der Waals surface area contributed by atoms with Gasteiger partial charge in [0.05, 0.1) is 0 Å². The third-order valence-electron chi connectivity index (χ3n) is 1.91. The molecule has 0 bridgehead atoms. The van der Waals surface area contributed by atoms with Gasteiger partial charge >= 0.3 is 5.51 Å². The molecule has 0 saturated heterocycles. The van der Waals surface area contributed by atoms with E-state index in [1.165, 1.54) is 12.1 Å². The van der Waals surface area contributed by atoms with Crippen molar-refractivity contribution in [2.45, 2.75) is 23.9 Å². The van der Waals surface area contributed by atoms with Gasteiger partial charge in [0.25, 0.3) is 0 Å². The Balaban J connectivity index is 2.47. The third kappa shape index (κ3) is 6.38. The first-order chi connectivity index (χ1) is 7.87. The molecule has 0 atom stereocenters. The van der Waals surface area contributed by atoms with Gasteiger partial charge in [0, 0.05) is 18.0 Å². The zero-order valence-corrected chi connectivity index (χ0v) is 10.3. The summed E-state index contributed by atoms with van der Waals surface area (Å²) >= 11 is -0.0963. The monoisotopic (exact) mass is 261 g/mol. The lowest BCUT2D eigenvalue weighted by molar-refractivity contribution is -0.0328. The number of halogens is 3. The molecule has 1 N–H and O–H groups in total. The van der Waals surface area contributed by atoms with E-state index in [4.69, 9.17) is 0 Å². The first-order valence-corrected chi connectivity index (χ1v) is 5.88. The minimum absolute atomic E-state index is 0.0963. The second-order valence-electron chi connectivity index (χ2n) is 3.75. The maximum atomic E-state index is 12.1. The molecule has 0 heterocycles. The molecule has 0 saturated carbocycles. The summed E-state index contributed by atoms with van der Waals surface area (Å²) in [5, 5.41) is 3.14. The van der Waals surface area contributed by atoms with E-state index in [9.17, 15) is 13.2 Å². The van der Waals surface area contributed by atoms with E-state index in [2.05, 4.69) is 11.9 Å². The molecule has 0 aliphatic rings. The van der Waals surface area contributed by atoms with Crippen LogP contribution in [0.25, 0.3) is 0 Å². The van der Waals surface area contributed by atoms with Crippen LogP contribution in [0.1, 0.15) is 12.5 Å². The van der Waals surface area contributed by atoms with Gasteiger partial charge in [-0.15, -0.1) is 0 Å². The van der Waals surface area contributed by atoms with Crippen LogP contribution in [0.5, 0.6) is 0 Å². The van der Waals surface area contributed by atoms with E-state index in [1.54, 1.807) is 12.1 Å². The highest BCUT2D eigenvalue weighted by atomic mass is 32.2. The van der Waals surface area contributed by atoms with Crippen molar-refractivity contribution >= 4 is 11.8 Å². The van der Waals surface area contributed by atoms with Crippen molar-refractivity contribution in [3.05, 3.63) is 42.0 Å². The Bertz CT molecular complexity index is 370. The fourth-order valence-corrected chi connectivity index (χ4v) is 1.77. The molecule has 0 amide bonds. The van der Waals surface area contributed by atoms with Crippen LogP contribution >= 0.6 is 11.8 Å². The van der Waals surface area contributed by atoms with Crippen molar-refractivity contribution in [1.82, 2.24) is 5.32 Å². The number of hydrogen-bond acceptors (Lipinski definition) is 2. The molecule has 94 valence electrons. The molecule has 0 aliphatic carbocycles. The Morgan fingerprint density at radius 3 is 2.35 bits per heavy atom. The van der Waals surface area contributed by atoms with Gasteiger partial charge in [0.1, 0.15) is 0 Å². The van der Waals surface area contributed by atoms with Gasteiger partial charge < -0.3 is 5.32 Å². The number of benzene rings is 1. The van der Waals surface area contributed by atoms with Crippen LogP contribution in [0.2, 0.25) is 0 Å². The van der Waals surface area contributed by atoms with Gasteiger partial charge in [-0.25, -0.2) is 0 Å². The average Bonchev–Trinajstić information content (AvgIpc) is 2.18. The minimum atomic E-state index is -4.22. The van der Waals surface area contributed by atoms with Crippen molar-refractivity contribution in [1.29, 1.82) is 0 Å². The molecule has 0 aliphatic heterocycles. The van der Waals surface area contributed by atoms with E-state index in [0.717, 1.165) is 11.1 Å². The van der Waals surface area contributed by atoms with Crippen LogP contribution in [0.3, 0.4) is 0 Å². The third-order valence-corrected chi connectivity index (χ3v) is 2.65. The number of nitrogens with one attached hydrogen (secondary N) is 1. The van der Waals surface area contributed by atoms with Crippen LogP contribution < -0.4 is 5.32 Å². The quantitative estimate of drug-likeness (QED) is 0.636. The molecule has 1 aromatic rings. The lowest BCUT2D eigenvalue weighted by Crippen LogP contribution is -2.14. The molecule has 0 radical (unpaired) electrons. The van der Waals surface area contributed by atoms with Crippen LogP contribution in [0.15, 0.2) is 41.3 Å². The fourth-order valence-electron chi connectivity index (χ4n) is 1.23. The van der Waals surface area contributed by atoms with E-state index < -0.39 is 5.51 Å².